The van der Waals surface area contributed by atoms with Crippen LogP contribution in [0, 0.1) is 0 Å². The Kier molecular flexibility index (Phi) is 20.7. The van der Waals surface area contributed by atoms with Crippen molar-refractivity contribution in [3.05, 3.63) is 57.6 Å². The van der Waals surface area contributed by atoms with E-state index in [-0.39, 0.29) is 0 Å². The van der Waals surface area contributed by atoms with Gasteiger partial charge in [-0.2, -0.15) is 0 Å². The van der Waals surface area contributed by atoms with Crippen molar-refractivity contribution in [2.75, 3.05) is 0 Å². The van der Waals surface area contributed by atoms with Gasteiger partial charge in [-0.05, 0) is 0 Å². The molecular formula is C54H118Bi2O2Si12. The molecule has 0 aromatic heterocycles. The van der Waals surface area contributed by atoms with Crippen molar-refractivity contribution in [1.82, 2.24) is 0 Å². The van der Waals surface area contributed by atoms with E-state index in [1.165, 1.54) is 0 Å². The molecule has 0 N–H and O–H groups in total. The zero-order valence-corrected chi connectivity index (χ0v) is 72.4. The van der Waals surface area contributed by atoms with E-state index in [2.05, 4.69) is 260 Å². The van der Waals surface area contributed by atoms with Crippen LogP contribution in [0.5, 0.6) is 0 Å². The van der Waals surface area contributed by atoms with Crippen molar-refractivity contribution >= 4 is 149 Å². The van der Waals surface area contributed by atoms with Crippen molar-refractivity contribution in [2.24, 2.45) is 0 Å². The molecule has 2 nitrogen and oxygen atoms in total. The molecule has 0 bridgehead atoms. The fourth-order valence-electron chi connectivity index (χ4n) is 16.9. The van der Waals surface area contributed by atoms with Crippen LogP contribution >= 0.6 is 0 Å². The SMILES string of the molecule is C[Si](C)(C)C(c1cc(C([Si](C)(C)C)[Si](C)(C)C)[c]([Bi]2[O][Bi]([c]3c(C([Si](C)(C)C)[Si](C)(C)C)cc(C([Si](C)(C)C)[Si](C)(C)C)cc3C([Si](C)(C)C)[Si](C)(C)C)[O]2)c(C([Si](C)(C)C)[Si](C)(C)C)c1)[Si](C)(C)C. The molecule has 2 aromatic rings. The average Bonchev–Trinajstić information content (AvgIpc) is 2.93. The molecule has 0 amide bonds. The molecule has 3 rings (SSSR count). The summed E-state index contributed by atoms with van der Waals surface area (Å²) in [5, 5.41) is 4.07. The quantitative estimate of drug-likeness (QED) is 0.123. The summed E-state index contributed by atoms with van der Waals surface area (Å²) in [4.78, 5) is 0. The van der Waals surface area contributed by atoms with Crippen LogP contribution in [0.15, 0.2) is 24.3 Å². The van der Waals surface area contributed by atoms with Gasteiger partial charge in [-0.3, -0.25) is 0 Å². The van der Waals surface area contributed by atoms with E-state index in [0.29, 0.717) is 31.0 Å². The van der Waals surface area contributed by atoms with Gasteiger partial charge in [0.05, 0.1) is 0 Å². The van der Waals surface area contributed by atoms with Crippen LogP contribution in [0.2, 0.25) is 236 Å². The Balaban J connectivity index is 2.82. The van der Waals surface area contributed by atoms with Crippen LogP contribution in [0.25, 0.3) is 0 Å². The molecule has 0 radical (unpaired) electrons. The second-order valence-electron chi connectivity index (χ2n) is 35.8. The van der Waals surface area contributed by atoms with Crippen LogP contribution in [-0.2, 0) is 1.78 Å². The number of hydrogen-bond donors (Lipinski definition) is 0. The van der Waals surface area contributed by atoms with Gasteiger partial charge in [0.1, 0.15) is 0 Å². The first-order valence-electron chi connectivity index (χ1n) is 27.7. The average molecular weight is 1550 g/mol. The predicted molar refractivity (Wildman–Crippen MR) is 362 cm³/mol. The number of rotatable bonds is 20. The molecule has 1 aliphatic heterocycles. The van der Waals surface area contributed by atoms with Crippen LogP contribution in [0.3, 0.4) is 0 Å². The maximum absolute atomic E-state index is 8.39. The standard InChI is InChI=1S/2C27H59Si6.2Bi.2O/c2*1-28(2,3)25(29(4,5)6)22-19-23(26(30(7,8)9)31(10,11)12)21-24(20-22)27(32(13,14)15)33(16,17)18;;;;/h2*19-20,25-27H,1-18H3;;;;. The Hall–Kier alpha value is 2.73. The fourth-order valence-corrected chi connectivity index (χ4v) is 127. The summed E-state index contributed by atoms with van der Waals surface area (Å²) in [6, 6.07) is 11.7. The van der Waals surface area contributed by atoms with Gasteiger partial charge in [-0.1, -0.05) is 0 Å². The van der Waals surface area contributed by atoms with Gasteiger partial charge >= 0.3 is 475 Å². The third-order valence-electron chi connectivity index (χ3n) is 15.3. The van der Waals surface area contributed by atoms with Crippen LogP contribution in [0.1, 0.15) is 64.4 Å². The number of benzene rings is 2. The zero-order chi connectivity index (χ0) is 55.5. The van der Waals surface area contributed by atoms with Gasteiger partial charge < -0.3 is 0 Å². The molecule has 1 heterocycles. The molecule has 0 saturated carbocycles. The Labute approximate surface area is 469 Å². The van der Waals surface area contributed by atoms with E-state index in [1.807, 2.05) is 0 Å². The summed E-state index contributed by atoms with van der Waals surface area (Å²) in [5.41, 5.74) is 10.6. The summed E-state index contributed by atoms with van der Waals surface area (Å²) < 4.78 is 20.3. The molecule has 1 aliphatic rings. The van der Waals surface area contributed by atoms with E-state index in [1.54, 1.807) is 39.9 Å². The van der Waals surface area contributed by atoms with E-state index in [4.69, 9.17) is 1.78 Å². The van der Waals surface area contributed by atoms with Crippen molar-refractivity contribution in [3.8, 4) is 0 Å². The first-order valence-corrected chi connectivity index (χ1v) is 79.8. The summed E-state index contributed by atoms with van der Waals surface area (Å²) >= 11 is -6.50. The van der Waals surface area contributed by atoms with Crippen LogP contribution < -0.4 is 6.54 Å². The van der Waals surface area contributed by atoms with Crippen LogP contribution in [-0.4, -0.2) is 142 Å². The van der Waals surface area contributed by atoms with Gasteiger partial charge in [0.2, 0.25) is 0 Å². The maximum atomic E-state index is 8.39. The molecule has 404 valence electrons. The first kappa shape index (κ1) is 67.0. The molecular weight excluding hydrogens is 1440 g/mol. The van der Waals surface area contributed by atoms with E-state index in [0.717, 1.165) is 0 Å². The normalized spacial score (nSPS) is 16.8. The molecule has 0 atom stereocenters. The van der Waals surface area contributed by atoms with Gasteiger partial charge in [-0.25, -0.2) is 0 Å². The summed E-state index contributed by atoms with van der Waals surface area (Å²) in [6.07, 6.45) is 0. The Morgan fingerprint density at radius 3 is 0.471 bits per heavy atom. The first-order chi connectivity index (χ1) is 30.4. The van der Waals surface area contributed by atoms with Crippen molar-refractivity contribution < 1.29 is 1.78 Å². The number of hydrogen-bond acceptors (Lipinski definition) is 2. The predicted octanol–water partition coefficient (Wildman–Crippen LogP) is 17.9. The van der Waals surface area contributed by atoms with Crippen molar-refractivity contribution in [3.63, 3.8) is 0 Å². The molecule has 0 aliphatic carbocycles. The molecule has 1 fully saturated rings. The Morgan fingerprint density at radius 2 is 0.357 bits per heavy atom. The molecule has 2 aromatic carbocycles. The topological polar surface area (TPSA) is 18.5 Å². The minimum atomic E-state index is -3.25. The van der Waals surface area contributed by atoms with E-state index < -0.39 is 142 Å². The summed E-state index contributed by atoms with van der Waals surface area (Å²) in [6.45, 7) is 97.7. The van der Waals surface area contributed by atoms with Crippen molar-refractivity contribution in [1.29, 1.82) is 0 Å². The molecule has 1 saturated heterocycles. The second kappa shape index (κ2) is 21.7. The Morgan fingerprint density at radius 1 is 0.229 bits per heavy atom. The van der Waals surface area contributed by atoms with Crippen LogP contribution in [0.4, 0.5) is 0 Å². The van der Waals surface area contributed by atoms with Gasteiger partial charge in [0, 0.05) is 0 Å². The zero-order valence-electron chi connectivity index (χ0n) is 53.5. The molecule has 0 unspecified atom stereocenters. The third kappa shape index (κ3) is 16.0. The van der Waals surface area contributed by atoms with Gasteiger partial charge in [0.25, 0.3) is 0 Å². The van der Waals surface area contributed by atoms with Crippen molar-refractivity contribution in [2.45, 2.75) is 267 Å². The molecule has 70 heavy (non-hydrogen) atoms. The molecule has 0 spiro atoms. The fraction of sp³-hybridized carbons (Fsp3) is 0.778. The van der Waals surface area contributed by atoms with Gasteiger partial charge in [-0.15, -0.1) is 0 Å². The Bertz CT molecular complexity index is 1800. The van der Waals surface area contributed by atoms with E-state index >= 15 is 0 Å². The van der Waals surface area contributed by atoms with Gasteiger partial charge in [0.15, 0.2) is 0 Å². The summed E-state index contributed by atoms with van der Waals surface area (Å²) in [5.74, 6) is 0. The minimum absolute atomic E-state index is 0.661. The molecule has 16 heteroatoms. The monoisotopic (exact) mass is 1550 g/mol. The summed E-state index contributed by atoms with van der Waals surface area (Å²) in [7, 11) is -20.1. The second-order valence-corrected chi connectivity index (χ2v) is 123. The third-order valence-corrected chi connectivity index (χ3v) is 101. The van der Waals surface area contributed by atoms with E-state index in [9.17, 15) is 0 Å².